The van der Waals surface area contributed by atoms with E-state index in [2.05, 4.69) is 5.10 Å². The van der Waals surface area contributed by atoms with Crippen molar-refractivity contribution in [2.24, 2.45) is 0 Å². The van der Waals surface area contributed by atoms with Crippen LogP contribution in [-0.4, -0.2) is 76.9 Å². The van der Waals surface area contributed by atoms with E-state index in [1.165, 1.54) is 4.31 Å². The van der Waals surface area contributed by atoms with Gasteiger partial charge in [-0.1, -0.05) is 0 Å². The molecule has 138 valence electrons. The molecule has 4 rings (SSSR count). The summed E-state index contributed by atoms with van der Waals surface area (Å²) in [5, 5.41) is 4.44. The summed E-state index contributed by atoms with van der Waals surface area (Å²) in [6, 6.07) is 1.90. The lowest BCUT2D eigenvalue weighted by Crippen LogP contribution is -2.53. The van der Waals surface area contributed by atoms with Gasteiger partial charge in [0.05, 0.1) is 0 Å². The molecule has 0 spiro atoms. The Morgan fingerprint density at radius 2 is 1.52 bits per heavy atom. The standard InChI is InChI=1S/C16H25N5O3S/c22-16(15-13-14-5-1-2-8-21(14)17-15)18-9-11-20(12-10-18)25(23,24)19-6-3-4-7-19/h13H,1-12H2. The molecule has 8 nitrogen and oxygen atoms in total. The highest BCUT2D eigenvalue weighted by molar-refractivity contribution is 7.86. The van der Waals surface area contributed by atoms with Crippen molar-refractivity contribution in [3.8, 4) is 0 Å². The van der Waals surface area contributed by atoms with Gasteiger partial charge in [0.15, 0.2) is 5.69 Å². The first-order valence-corrected chi connectivity index (χ1v) is 10.6. The summed E-state index contributed by atoms with van der Waals surface area (Å²) in [7, 11) is -3.37. The fraction of sp³-hybridized carbons (Fsp3) is 0.750. The number of carbonyl (C=O) groups excluding carboxylic acids is 1. The maximum Gasteiger partial charge on any atom is 0.282 e. The Morgan fingerprint density at radius 3 is 2.20 bits per heavy atom. The predicted molar refractivity (Wildman–Crippen MR) is 92.4 cm³/mol. The van der Waals surface area contributed by atoms with Gasteiger partial charge in [0.2, 0.25) is 0 Å². The molecule has 9 heteroatoms. The number of aromatic nitrogens is 2. The number of fused-ring (bicyclic) bond motifs is 1. The Kier molecular flexibility index (Phi) is 4.55. The van der Waals surface area contributed by atoms with Crippen LogP contribution in [0.3, 0.4) is 0 Å². The lowest BCUT2D eigenvalue weighted by molar-refractivity contribution is 0.0687. The van der Waals surface area contributed by atoms with Crippen molar-refractivity contribution < 1.29 is 13.2 Å². The van der Waals surface area contributed by atoms with Gasteiger partial charge in [-0.3, -0.25) is 9.48 Å². The Hall–Kier alpha value is -1.45. The van der Waals surface area contributed by atoms with Gasteiger partial charge in [0, 0.05) is 51.5 Å². The highest BCUT2D eigenvalue weighted by Gasteiger charge is 2.35. The van der Waals surface area contributed by atoms with Crippen LogP contribution in [0.15, 0.2) is 6.07 Å². The predicted octanol–water partition coefficient (Wildman–Crippen LogP) is 0.318. The molecule has 0 atom stereocenters. The molecule has 4 heterocycles. The van der Waals surface area contributed by atoms with Gasteiger partial charge in [0.25, 0.3) is 16.1 Å². The quantitative estimate of drug-likeness (QED) is 0.771. The zero-order chi connectivity index (χ0) is 17.4. The van der Waals surface area contributed by atoms with E-state index in [1.54, 1.807) is 9.21 Å². The third kappa shape index (κ3) is 3.20. The van der Waals surface area contributed by atoms with Crippen LogP contribution in [0, 0.1) is 0 Å². The Labute approximate surface area is 148 Å². The largest absolute Gasteiger partial charge is 0.335 e. The SMILES string of the molecule is O=C(c1cc2n(n1)CCCC2)N1CCN(S(=O)(=O)N2CCCC2)CC1. The Morgan fingerprint density at radius 1 is 0.880 bits per heavy atom. The van der Waals surface area contributed by atoms with Gasteiger partial charge in [-0.15, -0.1) is 0 Å². The molecule has 0 aliphatic carbocycles. The van der Waals surface area contributed by atoms with Crippen molar-refractivity contribution in [1.29, 1.82) is 0 Å². The zero-order valence-corrected chi connectivity index (χ0v) is 15.2. The van der Waals surface area contributed by atoms with Crippen LogP contribution in [0.1, 0.15) is 41.9 Å². The van der Waals surface area contributed by atoms with E-state index in [0.29, 0.717) is 45.0 Å². The number of hydrogen-bond donors (Lipinski definition) is 0. The van der Waals surface area contributed by atoms with Gasteiger partial charge >= 0.3 is 0 Å². The molecule has 2 fully saturated rings. The number of carbonyl (C=O) groups is 1. The molecule has 3 aliphatic heterocycles. The number of piperazine rings is 1. The van der Waals surface area contributed by atoms with E-state index in [1.807, 2.05) is 10.7 Å². The van der Waals surface area contributed by atoms with E-state index < -0.39 is 10.2 Å². The highest BCUT2D eigenvalue weighted by atomic mass is 32.2. The second-order valence-corrected chi connectivity index (χ2v) is 8.93. The number of hydrogen-bond acceptors (Lipinski definition) is 4. The van der Waals surface area contributed by atoms with Crippen LogP contribution in [0.5, 0.6) is 0 Å². The van der Waals surface area contributed by atoms with Crippen molar-refractivity contribution in [3.05, 3.63) is 17.5 Å². The molecular formula is C16H25N5O3S. The number of amides is 1. The van der Waals surface area contributed by atoms with E-state index in [4.69, 9.17) is 0 Å². The van der Waals surface area contributed by atoms with E-state index in [0.717, 1.165) is 44.3 Å². The van der Waals surface area contributed by atoms with Crippen molar-refractivity contribution in [2.75, 3.05) is 39.3 Å². The Bertz CT molecular complexity index is 722. The average molecular weight is 367 g/mol. The summed E-state index contributed by atoms with van der Waals surface area (Å²) in [4.78, 5) is 14.4. The summed E-state index contributed by atoms with van der Waals surface area (Å²) in [6.07, 6.45) is 5.09. The molecule has 1 aromatic heterocycles. The van der Waals surface area contributed by atoms with Gasteiger partial charge in [-0.25, -0.2) is 0 Å². The Balaban J connectivity index is 1.39. The fourth-order valence-electron chi connectivity index (χ4n) is 3.89. The lowest BCUT2D eigenvalue weighted by atomic mass is 10.1. The molecule has 0 N–H and O–H groups in total. The lowest BCUT2D eigenvalue weighted by Gasteiger charge is -2.35. The summed E-state index contributed by atoms with van der Waals surface area (Å²) < 4.78 is 30.2. The first-order valence-electron chi connectivity index (χ1n) is 9.17. The van der Waals surface area contributed by atoms with Crippen LogP contribution in [-0.2, 0) is 23.2 Å². The van der Waals surface area contributed by atoms with Crippen molar-refractivity contribution in [3.63, 3.8) is 0 Å². The highest BCUT2D eigenvalue weighted by Crippen LogP contribution is 2.20. The zero-order valence-electron chi connectivity index (χ0n) is 14.4. The summed E-state index contributed by atoms with van der Waals surface area (Å²) in [5.74, 6) is -0.0832. The number of rotatable bonds is 3. The van der Waals surface area contributed by atoms with Gasteiger partial charge in [0.1, 0.15) is 0 Å². The minimum absolute atomic E-state index is 0.0832. The molecular weight excluding hydrogens is 342 g/mol. The van der Waals surface area contributed by atoms with Crippen molar-refractivity contribution in [2.45, 2.75) is 38.6 Å². The fourth-order valence-corrected chi connectivity index (χ4v) is 5.56. The normalized spacial score (nSPS) is 23.0. The minimum atomic E-state index is -3.37. The first kappa shape index (κ1) is 17.0. The smallest absolute Gasteiger partial charge is 0.282 e. The maximum atomic E-state index is 12.7. The molecule has 0 unspecified atom stereocenters. The maximum absolute atomic E-state index is 12.7. The summed E-state index contributed by atoms with van der Waals surface area (Å²) in [6.45, 7) is 3.67. The minimum Gasteiger partial charge on any atom is -0.335 e. The first-order chi connectivity index (χ1) is 12.1. The third-order valence-corrected chi connectivity index (χ3v) is 7.41. The topological polar surface area (TPSA) is 78.8 Å². The number of aryl methyl sites for hydroxylation is 2. The second-order valence-electron chi connectivity index (χ2n) is 7.01. The van der Waals surface area contributed by atoms with Crippen LogP contribution < -0.4 is 0 Å². The van der Waals surface area contributed by atoms with Crippen LogP contribution in [0.25, 0.3) is 0 Å². The third-order valence-electron chi connectivity index (χ3n) is 5.38. The summed E-state index contributed by atoms with van der Waals surface area (Å²) >= 11 is 0. The molecule has 3 aliphatic rings. The number of nitrogens with zero attached hydrogens (tertiary/aromatic N) is 5. The van der Waals surface area contributed by atoms with E-state index >= 15 is 0 Å². The van der Waals surface area contributed by atoms with Crippen LogP contribution in [0.2, 0.25) is 0 Å². The van der Waals surface area contributed by atoms with Crippen LogP contribution in [0.4, 0.5) is 0 Å². The monoisotopic (exact) mass is 367 g/mol. The second kappa shape index (κ2) is 6.69. The molecule has 0 aromatic carbocycles. The molecule has 1 amide bonds. The van der Waals surface area contributed by atoms with Crippen molar-refractivity contribution >= 4 is 16.1 Å². The molecule has 0 saturated carbocycles. The average Bonchev–Trinajstić information content (AvgIpc) is 3.31. The van der Waals surface area contributed by atoms with Crippen LogP contribution >= 0.6 is 0 Å². The van der Waals surface area contributed by atoms with E-state index in [-0.39, 0.29) is 5.91 Å². The summed E-state index contributed by atoms with van der Waals surface area (Å²) in [5.41, 5.74) is 1.62. The van der Waals surface area contributed by atoms with Gasteiger partial charge in [-0.2, -0.15) is 22.1 Å². The molecule has 1 aromatic rings. The molecule has 2 saturated heterocycles. The molecule has 0 radical (unpaired) electrons. The van der Waals surface area contributed by atoms with E-state index in [9.17, 15) is 13.2 Å². The molecule has 0 bridgehead atoms. The van der Waals surface area contributed by atoms with Crippen molar-refractivity contribution in [1.82, 2.24) is 23.3 Å². The van der Waals surface area contributed by atoms with Gasteiger partial charge < -0.3 is 4.90 Å². The molecule has 25 heavy (non-hydrogen) atoms. The van der Waals surface area contributed by atoms with Gasteiger partial charge in [-0.05, 0) is 38.2 Å².